The monoisotopic (exact) mass is 627 g/mol. The lowest BCUT2D eigenvalue weighted by molar-refractivity contribution is 0.0982. The lowest BCUT2D eigenvalue weighted by Crippen LogP contribution is -2.52. The fourth-order valence-electron chi connectivity index (χ4n) is 5.93. The topological polar surface area (TPSA) is 103 Å². The molecule has 2 aliphatic heterocycles. The van der Waals surface area contributed by atoms with Gasteiger partial charge in [-0.05, 0) is 50.6 Å². The predicted molar refractivity (Wildman–Crippen MR) is 174 cm³/mol. The van der Waals surface area contributed by atoms with Crippen LogP contribution in [0.2, 0.25) is 5.02 Å². The van der Waals surface area contributed by atoms with E-state index in [4.69, 9.17) is 16.3 Å². The zero-order chi connectivity index (χ0) is 30.7. The molecule has 5 rings (SSSR count). The summed E-state index contributed by atoms with van der Waals surface area (Å²) < 4.78 is 30.3. The van der Waals surface area contributed by atoms with E-state index < -0.39 is 11.3 Å². The van der Waals surface area contributed by atoms with Gasteiger partial charge in [-0.3, -0.25) is 9.11 Å². The maximum atomic E-state index is 11.7. The van der Waals surface area contributed by atoms with E-state index in [0.29, 0.717) is 40.0 Å². The molecule has 1 aromatic heterocycles. The van der Waals surface area contributed by atoms with Crippen molar-refractivity contribution in [2.24, 2.45) is 0 Å². The lowest BCUT2D eigenvalue weighted by Gasteiger charge is -2.43. The second-order valence-electron chi connectivity index (χ2n) is 11.1. The van der Waals surface area contributed by atoms with Gasteiger partial charge < -0.3 is 33.6 Å². The van der Waals surface area contributed by atoms with Crippen LogP contribution >= 0.6 is 11.6 Å². The summed E-state index contributed by atoms with van der Waals surface area (Å²) in [5, 5.41) is 3.63. The predicted octanol–water partition coefficient (Wildman–Crippen LogP) is 4.41. The Morgan fingerprint density at radius 3 is 2.40 bits per heavy atom. The summed E-state index contributed by atoms with van der Waals surface area (Å²) in [6, 6.07) is 11.9. The molecule has 1 atom stereocenters. The molecule has 232 valence electrons. The number of halogens is 1. The van der Waals surface area contributed by atoms with E-state index in [1.54, 1.807) is 31.2 Å². The number of piperazine rings is 1. The number of likely N-dealkylation sites (N-methyl/N-ethyl adjacent to an activating group) is 1. The Balaban J connectivity index is 1.33. The van der Waals surface area contributed by atoms with E-state index in [2.05, 4.69) is 56.1 Å². The van der Waals surface area contributed by atoms with E-state index in [-0.39, 0.29) is 0 Å². The van der Waals surface area contributed by atoms with Crippen molar-refractivity contribution in [3.05, 3.63) is 53.2 Å². The Morgan fingerprint density at radius 1 is 1.07 bits per heavy atom. The summed E-state index contributed by atoms with van der Waals surface area (Å²) in [7, 11) is 7.13. The molecule has 0 saturated carbocycles. The van der Waals surface area contributed by atoms with Crippen molar-refractivity contribution in [3.8, 4) is 5.75 Å². The molecule has 2 aromatic carbocycles. The molecule has 1 N–H and O–H groups in total. The zero-order valence-electron chi connectivity index (χ0n) is 25.4. The Hall–Kier alpha value is -3.16. The van der Waals surface area contributed by atoms with Crippen LogP contribution in [-0.2, 0) is 11.3 Å². The highest BCUT2D eigenvalue weighted by Gasteiger charge is 2.28. The number of nitrogens with zero attached hydrogens (tertiary/aromatic N) is 7. The molecule has 0 spiro atoms. The van der Waals surface area contributed by atoms with Gasteiger partial charge in [-0.15, -0.1) is 0 Å². The molecule has 0 bridgehead atoms. The van der Waals surface area contributed by atoms with Crippen molar-refractivity contribution in [3.63, 3.8) is 0 Å². The molecule has 13 heteroatoms. The summed E-state index contributed by atoms with van der Waals surface area (Å²) in [5.41, 5.74) is 4.16. The first-order chi connectivity index (χ1) is 20.7. The van der Waals surface area contributed by atoms with Gasteiger partial charge >= 0.3 is 0 Å². The summed E-state index contributed by atoms with van der Waals surface area (Å²) in [4.78, 5) is 18.4. The van der Waals surface area contributed by atoms with Crippen molar-refractivity contribution < 1.29 is 13.5 Å². The number of hydrogen-bond acceptors (Lipinski definition) is 10. The number of ether oxygens (including phenoxy) is 1. The summed E-state index contributed by atoms with van der Waals surface area (Å²) in [6.07, 6.45) is 3.84. The summed E-state index contributed by atoms with van der Waals surface area (Å²) in [6.45, 7) is 8.75. The Labute approximate surface area is 261 Å². The molecule has 2 aliphatic rings. The number of benzene rings is 2. The maximum absolute atomic E-state index is 11.7. The molecule has 2 fully saturated rings. The minimum Gasteiger partial charge on any atom is -0.755 e. The average Bonchev–Trinajstić information content (AvgIpc) is 3.02. The number of methoxy groups -OCH3 is 1. The van der Waals surface area contributed by atoms with Crippen molar-refractivity contribution in [2.45, 2.75) is 25.8 Å². The van der Waals surface area contributed by atoms with Gasteiger partial charge in [0, 0.05) is 82.4 Å². The minimum atomic E-state index is -2.44. The highest BCUT2D eigenvalue weighted by Crippen LogP contribution is 2.38. The highest BCUT2D eigenvalue weighted by molar-refractivity contribution is 7.80. The summed E-state index contributed by atoms with van der Waals surface area (Å²) in [5.74, 6) is 1.45. The molecular weight excluding hydrogens is 588 g/mol. The van der Waals surface area contributed by atoms with Gasteiger partial charge in [0.05, 0.1) is 30.4 Å². The number of nitrogens with one attached hydrogen (secondary N) is 1. The van der Waals surface area contributed by atoms with E-state index >= 15 is 0 Å². The average molecular weight is 628 g/mol. The molecular formula is C30H40ClN8O3S-. The van der Waals surface area contributed by atoms with Crippen molar-refractivity contribution in [1.82, 2.24) is 19.8 Å². The van der Waals surface area contributed by atoms with Crippen LogP contribution < -0.4 is 24.2 Å². The number of aromatic nitrogens is 2. The van der Waals surface area contributed by atoms with E-state index in [0.717, 1.165) is 67.7 Å². The minimum absolute atomic E-state index is 0.326. The molecule has 1 unspecified atom stereocenters. The highest BCUT2D eigenvalue weighted by atomic mass is 35.5. The van der Waals surface area contributed by atoms with Gasteiger partial charge in [-0.1, -0.05) is 23.7 Å². The second-order valence-corrected chi connectivity index (χ2v) is 12.5. The van der Waals surface area contributed by atoms with Crippen LogP contribution in [0, 0.1) is 6.92 Å². The first-order valence-corrected chi connectivity index (χ1v) is 15.9. The molecule has 43 heavy (non-hydrogen) atoms. The zero-order valence-corrected chi connectivity index (χ0v) is 27.0. The Morgan fingerprint density at radius 2 is 1.74 bits per heavy atom. The molecule has 0 radical (unpaired) electrons. The van der Waals surface area contributed by atoms with Crippen LogP contribution in [0.1, 0.15) is 18.4 Å². The molecule has 3 aromatic rings. The van der Waals surface area contributed by atoms with Gasteiger partial charge in [0.2, 0.25) is 5.95 Å². The van der Waals surface area contributed by atoms with E-state index in [9.17, 15) is 8.76 Å². The maximum Gasteiger partial charge on any atom is 0.229 e. The number of aryl methyl sites for hydroxylation is 1. The number of piperidine rings is 1. The molecule has 0 amide bonds. The van der Waals surface area contributed by atoms with Gasteiger partial charge in [-0.2, -0.15) is 4.98 Å². The number of para-hydroxylation sites is 2. The first kappa shape index (κ1) is 31.3. The lowest BCUT2D eigenvalue weighted by atomic mass is 10.0. The SMILES string of the molecule is COc1cc(N2CCC(N3CCN(C)CC3)CC2)c(C)cc1Nc1ncc(Cl)c(N(C)c2ccccc2N(C)S(=O)[O-])n1. The van der Waals surface area contributed by atoms with Gasteiger partial charge in [0.1, 0.15) is 10.8 Å². The van der Waals surface area contributed by atoms with Crippen LogP contribution in [0.15, 0.2) is 42.6 Å². The normalized spacial score (nSPS) is 17.5. The standard InChI is InChI=1S/C30H41ClN8O3S/c1-21-18-24(28(42-5)19-27(21)39-12-10-22(11-13-39)38-16-14-35(2)15-17-38)33-30-32-20-23(31)29(34-30)36(3)25-8-6-7-9-26(25)37(4)43(40)41/h6-9,18-20,22H,10-17H2,1-5H3,(H,40,41)(H,32,33,34)/p-1. The smallest absolute Gasteiger partial charge is 0.229 e. The third kappa shape index (κ3) is 6.99. The fourth-order valence-corrected chi connectivity index (χ4v) is 6.46. The van der Waals surface area contributed by atoms with Crippen molar-refractivity contribution >= 4 is 57.4 Å². The van der Waals surface area contributed by atoms with Crippen LogP contribution in [0.4, 0.5) is 34.5 Å². The molecule has 3 heterocycles. The van der Waals surface area contributed by atoms with E-state index in [1.165, 1.54) is 18.9 Å². The molecule has 0 aliphatic carbocycles. The fraction of sp³-hybridized carbons (Fsp3) is 0.467. The quantitative estimate of drug-likeness (QED) is 0.343. The van der Waals surface area contributed by atoms with Crippen LogP contribution in [-0.4, -0.2) is 102 Å². The largest absolute Gasteiger partial charge is 0.755 e. The van der Waals surface area contributed by atoms with Crippen molar-refractivity contribution in [1.29, 1.82) is 0 Å². The third-order valence-electron chi connectivity index (χ3n) is 8.47. The Kier molecular flexibility index (Phi) is 9.92. The van der Waals surface area contributed by atoms with Gasteiger partial charge in [0.25, 0.3) is 0 Å². The van der Waals surface area contributed by atoms with Crippen LogP contribution in [0.5, 0.6) is 5.75 Å². The van der Waals surface area contributed by atoms with Crippen molar-refractivity contribution in [2.75, 3.05) is 86.9 Å². The van der Waals surface area contributed by atoms with E-state index in [1.807, 2.05) is 12.1 Å². The van der Waals surface area contributed by atoms with Crippen LogP contribution in [0.3, 0.4) is 0 Å². The van der Waals surface area contributed by atoms with Gasteiger partial charge in [-0.25, -0.2) is 4.98 Å². The summed E-state index contributed by atoms with van der Waals surface area (Å²) >= 11 is 4.09. The third-order valence-corrected chi connectivity index (χ3v) is 9.38. The second kappa shape index (κ2) is 13.6. The number of anilines is 6. The van der Waals surface area contributed by atoms with Gasteiger partial charge in [0.15, 0.2) is 5.82 Å². The number of hydrogen-bond donors (Lipinski definition) is 1. The number of rotatable bonds is 9. The molecule has 2 saturated heterocycles. The first-order valence-electron chi connectivity index (χ1n) is 14.5. The molecule has 11 nitrogen and oxygen atoms in total. The Bertz CT molecular complexity index is 1450. The van der Waals surface area contributed by atoms with Crippen LogP contribution in [0.25, 0.3) is 0 Å².